The lowest BCUT2D eigenvalue weighted by Crippen LogP contribution is -2.09. The molecule has 1 heterocycles. The van der Waals surface area contributed by atoms with Gasteiger partial charge in [-0.05, 0) is 29.4 Å². The van der Waals surface area contributed by atoms with Crippen molar-refractivity contribution in [3.8, 4) is 0 Å². The molecule has 0 saturated heterocycles. The SMILES string of the molecule is CC(C)c1nccc(CCSCC(C)(C)C)n1. The molecule has 0 aliphatic carbocycles. The van der Waals surface area contributed by atoms with E-state index in [1.807, 2.05) is 24.0 Å². The van der Waals surface area contributed by atoms with Crippen LogP contribution in [0.15, 0.2) is 12.3 Å². The smallest absolute Gasteiger partial charge is 0.131 e. The maximum Gasteiger partial charge on any atom is 0.131 e. The van der Waals surface area contributed by atoms with Gasteiger partial charge in [-0.3, -0.25) is 0 Å². The van der Waals surface area contributed by atoms with E-state index >= 15 is 0 Å². The second-order valence-electron chi connectivity index (χ2n) is 5.92. The van der Waals surface area contributed by atoms with Crippen LogP contribution in [0.5, 0.6) is 0 Å². The zero-order chi connectivity index (χ0) is 12.9. The molecule has 0 aromatic carbocycles. The van der Waals surface area contributed by atoms with E-state index in [4.69, 9.17) is 0 Å². The molecule has 3 heteroatoms. The van der Waals surface area contributed by atoms with Crippen molar-refractivity contribution in [1.82, 2.24) is 9.97 Å². The first kappa shape index (κ1) is 14.5. The minimum absolute atomic E-state index is 0.414. The second kappa shape index (κ2) is 6.39. The fraction of sp³-hybridized carbons (Fsp3) is 0.714. The average Bonchev–Trinajstić information content (AvgIpc) is 2.23. The van der Waals surface area contributed by atoms with Gasteiger partial charge in [0, 0.05) is 17.8 Å². The van der Waals surface area contributed by atoms with Crippen LogP contribution in [0.1, 0.15) is 52.1 Å². The van der Waals surface area contributed by atoms with Crippen molar-refractivity contribution in [2.45, 2.75) is 47.0 Å². The first-order valence-electron chi connectivity index (χ1n) is 6.28. The van der Waals surface area contributed by atoms with E-state index in [9.17, 15) is 0 Å². The van der Waals surface area contributed by atoms with Crippen LogP contribution in [-0.4, -0.2) is 21.5 Å². The van der Waals surface area contributed by atoms with Crippen molar-refractivity contribution in [3.05, 3.63) is 23.8 Å². The fourth-order valence-electron chi connectivity index (χ4n) is 1.39. The monoisotopic (exact) mass is 252 g/mol. The predicted molar refractivity (Wildman–Crippen MR) is 76.6 cm³/mol. The summed E-state index contributed by atoms with van der Waals surface area (Å²) < 4.78 is 0. The highest BCUT2D eigenvalue weighted by Crippen LogP contribution is 2.20. The van der Waals surface area contributed by atoms with Gasteiger partial charge < -0.3 is 0 Å². The van der Waals surface area contributed by atoms with Gasteiger partial charge in [-0.25, -0.2) is 9.97 Å². The number of aromatic nitrogens is 2. The fourth-order valence-corrected chi connectivity index (χ4v) is 2.50. The molecular weight excluding hydrogens is 228 g/mol. The van der Waals surface area contributed by atoms with E-state index in [1.54, 1.807) is 0 Å². The Balaban J connectivity index is 2.39. The summed E-state index contributed by atoms with van der Waals surface area (Å²) >= 11 is 2.01. The molecule has 2 nitrogen and oxygen atoms in total. The number of nitrogens with zero attached hydrogens (tertiary/aromatic N) is 2. The molecule has 0 radical (unpaired) electrons. The van der Waals surface area contributed by atoms with E-state index in [0.717, 1.165) is 18.0 Å². The molecule has 1 aromatic rings. The van der Waals surface area contributed by atoms with Crippen LogP contribution >= 0.6 is 11.8 Å². The molecule has 0 spiro atoms. The first-order chi connectivity index (χ1) is 7.88. The van der Waals surface area contributed by atoms with Crippen LogP contribution in [0.25, 0.3) is 0 Å². The topological polar surface area (TPSA) is 25.8 Å². The average molecular weight is 252 g/mol. The van der Waals surface area contributed by atoms with Gasteiger partial charge in [0.1, 0.15) is 5.82 Å². The van der Waals surface area contributed by atoms with Crippen LogP contribution in [0.4, 0.5) is 0 Å². The highest BCUT2D eigenvalue weighted by atomic mass is 32.2. The Morgan fingerprint density at radius 3 is 2.59 bits per heavy atom. The largest absolute Gasteiger partial charge is 0.241 e. The second-order valence-corrected chi connectivity index (χ2v) is 7.03. The zero-order valence-corrected chi connectivity index (χ0v) is 12.5. The third kappa shape index (κ3) is 6.06. The standard InChI is InChI=1S/C14H24N2S/c1-11(2)13-15-8-6-12(16-13)7-9-17-10-14(3,4)5/h6,8,11H,7,9-10H2,1-5H3. The number of aryl methyl sites for hydroxylation is 1. The van der Waals surface area contributed by atoms with E-state index < -0.39 is 0 Å². The Labute approximate surface area is 110 Å². The van der Waals surface area contributed by atoms with Crippen molar-refractivity contribution in [2.24, 2.45) is 5.41 Å². The van der Waals surface area contributed by atoms with Gasteiger partial charge in [-0.2, -0.15) is 11.8 Å². The molecule has 0 aliphatic rings. The summed E-state index contributed by atoms with van der Waals surface area (Å²) in [4.78, 5) is 8.87. The summed E-state index contributed by atoms with van der Waals surface area (Å²) in [7, 11) is 0. The number of thioether (sulfide) groups is 1. The van der Waals surface area contributed by atoms with Gasteiger partial charge >= 0.3 is 0 Å². The molecular formula is C14H24N2S. The molecule has 17 heavy (non-hydrogen) atoms. The molecule has 0 atom stereocenters. The highest BCUT2D eigenvalue weighted by molar-refractivity contribution is 7.99. The van der Waals surface area contributed by atoms with Gasteiger partial charge in [-0.1, -0.05) is 34.6 Å². The predicted octanol–water partition coefficient (Wildman–Crippen LogP) is 3.92. The molecule has 1 aromatic heterocycles. The lowest BCUT2D eigenvalue weighted by molar-refractivity contribution is 0.481. The molecule has 0 saturated carbocycles. The first-order valence-corrected chi connectivity index (χ1v) is 7.43. The Kier molecular flexibility index (Phi) is 5.44. The number of hydrogen-bond donors (Lipinski definition) is 0. The number of hydrogen-bond acceptors (Lipinski definition) is 3. The molecule has 0 fully saturated rings. The summed E-state index contributed by atoms with van der Waals surface area (Å²) in [6.45, 7) is 11.1. The van der Waals surface area contributed by atoms with E-state index in [2.05, 4.69) is 44.6 Å². The van der Waals surface area contributed by atoms with Gasteiger partial charge in [0.15, 0.2) is 0 Å². The van der Waals surface area contributed by atoms with E-state index in [1.165, 1.54) is 11.4 Å². The summed E-state index contributed by atoms with van der Waals surface area (Å²) in [5.74, 6) is 3.72. The van der Waals surface area contributed by atoms with Crippen molar-refractivity contribution in [1.29, 1.82) is 0 Å². The molecule has 96 valence electrons. The van der Waals surface area contributed by atoms with Gasteiger partial charge in [0.05, 0.1) is 0 Å². The third-order valence-corrected chi connectivity index (χ3v) is 3.85. The summed E-state index contributed by atoms with van der Waals surface area (Å²) in [5.41, 5.74) is 1.59. The van der Waals surface area contributed by atoms with Crippen molar-refractivity contribution >= 4 is 11.8 Å². The Morgan fingerprint density at radius 2 is 2.00 bits per heavy atom. The lowest BCUT2D eigenvalue weighted by atomic mass is 10.0. The molecule has 0 aliphatic heterocycles. The third-order valence-electron chi connectivity index (χ3n) is 2.29. The molecule has 0 unspecified atom stereocenters. The molecule has 1 rings (SSSR count). The Bertz CT molecular complexity index is 342. The minimum atomic E-state index is 0.414. The van der Waals surface area contributed by atoms with Crippen LogP contribution in [0, 0.1) is 5.41 Å². The van der Waals surface area contributed by atoms with Crippen molar-refractivity contribution in [3.63, 3.8) is 0 Å². The van der Waals surface area contributed by atoms with Crippen molar-refractivity contribution < 1.29 is 0 Å². The lowest BCUT2D eigenvalue weighted by Gasteiger charge is -2.17. The highest BCUT2D eigenvalue weighted by Gasteiger charge is 2.10. The van der Waals surface area contributed by atoms with E-state index in [-0.39, 0.29) is 0 Å². The molecule has 0 bridgehead atoms. The van der Waals surface area contributed by atoms with Crippen molar-refractivity contribution in [2.75, 3.05) is 11.5 Å². The normalized spacial score (nSPS) is 12.1. The summed E-state index contributed by atoms with van der Waals surface area (Å²) in [6.07, 6.45) is 2.93. The Morgan fingerprint density at radius 1 is 1.29 bits per heavy atom. The zero-order valence-electron chi connectivity index (χ0n) is 11.7. The maximum absolute atomic E-state index is 4.58. The van der Waals surface area contributed by atoms with Crippen LogP contribution in [-0.2, 0) is 6.42 Å². The quantitative estimate of drug-likeness (QED) is 0.743. The summed E-state index contributed by atoms with van der Waals surface area (Å²) in [6, 6.07) is 2.03. The van der Waals surface area contributed by atoms with Gasteiger partial charge in [0.2, 0.25) is 0 Å². The van der Waals surface area contributed by atoms with Gasteiger partial charge in [0.25, 0.3) is 0 Å². The van der Waals surface area contributed by atoms with Crippen LogP contribution in [0.2, 0.25) is 0 Å². The Hall–Kier alpha value is -0.570. The minimum Gasteiger partial charge on any atom is -0.241 e. The number of rotatable bonds is 5. The van der Waals surface area contributed by atoms with Crippen LogP contribution in [0.3, 0.4) is 0 Å². The maximum atomic E-state index is 4.58. The van der Waals surface area contributed by atoms with Crippen LogP contribution < -0.4 is 0 Å². The molecule has 0 N–H and O–H groups in total. The van der Waals surface area contributed by atoms with E-state index in [0.29, 0.717) is 11.3 Å². The van der Waals surface area contributed by atoms with Gasteiger partial charge in [-0.15, -0.1) is 0 Å². The summed E-state index contributed by atoms with van der Waals surface area (Å²) in [5, 5.41) is 0. The molecule has 0 amide bonds.